The minimum Gasteiger partial charge on any atom is -0.368 e. The molecule has 5 amide bonds. The van der Waals surface area contributed by atoms with Crippen molar-refractivity contribution >= 4 is 41.3 Å². The number of thioether (sulfide) groups is 1. The number of primary amides is 1. The summed E-state index contributed by atoms with van der Waals surface area (Å²) < 4.78 is 0. The van der Waals surface area contributed by atoms with Crippen LogP contribution in [0.4, 0.5) is 0 Å². The Kier molecular flexibility index (Phi) is 46.2. The molecule has 0 spiro atoms. The summed E-state index contributed by atoms with van der Waals surface area (Å²) in [7, 11) is 0. The molecule has 0 saturated carbocycles. The summed E-state index contributed by atoms with van der Waals surface area (Å²) in [5, 5.41) is 10.5. The first-order chi connectivity index (χ1) is 31.6. The molecule has 0 radical (unpaired) electrons. The first-order valence-electron chi connectivity index (χ1n) is 26.1. The zero-order valence-corrected chi connectivity index (χ0v) is 42.6. The zero-order chi connectivity index (χ0) is 47.9. The second-order valence-electron chi connectivity index (χ2n) is 18.0. The van der Waals surface area contributed by atoms with Crippen molar-refractivity contribution < 1.29 is 43.5 Å². The Hall–Kier alpha value is -2.46. The first-order valence-corrected chi connectivity index (χ1v) is 27.2. The van der Waals surface area contributed by atoms with E-state index in [0.717, 1.165) is 19.3 Å². The van der Waals surface area contributed by atoms with Gasteiger partial charge in [-0.2, -0.15) is 11.8 Å². The third-order valence-corrected chi connectivity index (χ3v) is 12.5. The second kappa shape index (κ2) is 48.0. The van der Waals surface area contributed by atoms with Crippen molar-refractivity contribution in [3.63, 3.8) is 0 Å². The number of nitrogens with two attached hydrogens (primary N) is 1. The molecule has 3 unspecified atom stereocenters. The van der Waals surface area contributed by atoms with Crippen molar-refractivity contribution in [2.75, 3.05) is 51.0 Å². The van der Waals surface area contributed by atoms with Crippen LogP contribution < -0.4 is 27.0 Å². The summed E-state index contributed by atoms with van der Waals surface area (Å²) in [4.78, 5) is 82.6. The lowest BCUT2D eigenvalue weighted by molar-refractivity contribution is -0.365. The summed E-state index contributed by atoms with van der Waals surface area (Å²) in [5.41, 5.74) is 5.03. The molecule has 0 aromatic carbocycles. The fourth-order valence-electron chi connectivity index (χ4n) is 7.32. The molecular formula is C50H97N5O9S. The van der Waals surface area contributed by atoms with Gasteiger partial charge in [-0.15, -0.1) is 0 Å². The predicted molar refractivity (Wildman–Crippen MR) is 265 cm³/mol. The van der Waals surface area contributed by atoms with Crippen LogP contribution in [0.1, 0.15) is 220 Å². The molecule has 0 aromatic heterocycles. The number of amides is 5. The van der Waals surface area contributed by atoms with E-state index in [-0.39, 0.29) is 49.6 Å². The SMILES string of the molecule is CCCCCCCCCCCCCCCCOOCC(CSCC(NC(C)=O)C(=O)NCC(=O)NCCCCCC(=O)NCC(N)=O)OOCC(C)CCCCCCCCCCCCC. The number of nitrogens with one attached hydrogen (secondary N) is 4. The van der Waals surface area contributed by atoms with Crippen LogP contribution in [0.2, 0.25) is 0 Å². The van der Waals surface area contributed by atoms with Crippen LogP contribution in [0.25, 0.3) is 0 Å². The van der Waals surface area contributed by atoms with Crippen molar-refractivity contribution in [3.05, 3.63) is 0 Å². The maximum atomic E-state index is 13.1. The van der Waals surface area contributed by atoms with Crippen LogP contribution in [-0.4, -0.2) is 92.6 Å². The molecule has 382 valence electrons. The van der Waals surface area contributed by atoms with Crippen LogP contribution in [0.5, 0.6) is 0 Å². The molecule has 3 atom stereocenters. The van der Waals surface area contributed by atoms with Gasteiger partial charge < -0.3 is 27.0 Å². The molecule has 0 heterocycles. The van der Waals surface area contributed by atoms with Crippen LogP contribution in [-0.2, 0) is 43.5 Å². The maximum absolute atomic E-state index is 13.1. The van der Waals surface area contributed by atoms with E-state index in [0.29, 0.717) is 50.7 Å². The fraction of sp³-hybridized carbons (Fsp3) is 0.900. The lowest BCUT2D eigenvalue weighted by atomic mass is 10.0. The van der Waals surface area contributed by atoms with Crippen LogP contribution in [0.15, 0.2) is 0 Å². The van der Waals surface area contributed by atoms with Gasteiger partial charge >= 0.3 is 0 Å². The highest BCUT2D eigenvalue weighted by molar-refractivity contribution is 7.99. The van der Waals surface area contributed by atoms with Gasteiger partial charge in [0.1, 0.15) is 18.8 Å². The van der Waals surface area contributed by atoms with E-state index in [1.54, 1.807) is 0 Å². The second-order valence-corrected chi connectivity index (χ2v) is 19.1. The maximum Gasteiger partial charge on any atom is 0.243 e. The van der Waals surface area contributed by atoms with E-state index in [9.17, 15) is 24.0 Å². The average Bonchev–Trinajstić information content (AvgIpc) is 3.28. The van der Waals surface area contributed by atoms with Crippen LogP contribution in [0.3, 0.4) is 0 Å². The Morgan fingerprint density at radius 3 is 1.60 bits per heavy atom. The van der Waals surface area contributed by atoms with Gasteiger partial charge in [0.15, 0.2) is 0 Å². The van der Waals surface area contributed by atoms with Crippen molar-refractivity contribution in [2.45, 2.75) is 232 Å². The molecular weight excluding hydrogens is 847 g/mol. The van der Waals surface area contributed by atoms with Crippen molar-refractivity contribution in [1.29, 1.82) is 0 Å². The molecule has 0 saturated heterocycles. The Balaban J connectivity index is 4.68. The fourth-order valence-corrected chi connectivity index (χ4v) is 8.34. The van der Waals surface area contributed by atoms with E-state index in [4.69, 9.17) is 25.3 Å². The van der Waals surface area contributed by atoms with Gasteiger partial charge in [-0.25, -0.2) is 19.6 Å². The van der Waals surface area contributed by atoms with Gasteiger partial charge in [-0.05, 0) is 31.6 Å². The smallest absolute Gasteiger partial charge is 0.243 e. The minimum atomic E-state index is -0.865. The highest BCUT2D eigenvalue weighted by Crippen LogP contribution is 2.17. The summed E-state index contributed by atoms with van der Waals surface area (Å²) in [6, 6.07) is -0.865. The molecule has 0 aromatic rings. The Morgan fingerprint density at radius 2 is 1.06 bits per heavy atom. The van der Waals surface area contributed by atoms with Gasteiger partial charge in [0, 0.05) is 31.4 Å². The predicted octanol–water partition coefficient (Wildman–Crippen LogP) is 9.70. The van der Waals surface area contributed by atoms with Gasteiger partial charge in [-0.1, -0.05) is 181 Å². The summed E-state index contributed by atoms with van der Waals surface area (Å²) in [6.07, 6.45) is 35.4. The minimum absolute atomic E-state index is 0.151. The molecule has 0 aliphatic heterocycles. The highest BCUT2D eigenvalue weighted by Gasteiger charge is 2.22. The normalized spacial score (nSPS) is 12.7. The van der Waals surface area contributed by atoms with Crippen LogP contribution in [0, 0.1) is 5.92 Å². The van der Waals surface area contributed by atoms with Crippen molar-refractivity contribution in [3.8, 4) is 0 Å². The van der Waals surface area contributed by atoms with Gasteiger partial charge in [-0.3, -0.25) is 24.0 Å². The highest BCUT2D eigenvalue weighted by atomic mass is 32.2. The lowest BCUT2D eigenvalue weighted by Gasteiger charge is -2.20. The summed E-state index contributed by atoms with van der Waals surface area (Å²) in [6.45, 7) is 9.13. The third-order valence-electron chi connectivity index (χ3n) is 11.3. The molecule has 65 heavy (non-hydrogen) atoms. The van der Waals surface area contributed by atoms with Gasteiger partial charge in [0.05, 0.1) is 26.3 Å². The third kappa shape index (κ3) is 46.4. The monoisotopic (exact) mass is 944 g/mol. The quantitative estimate of drug-likeness (QED) is 0.0223. The molecule has 0 aliphatic rings. The average molecular weight is 944 g/mol. The number of carbonyl (C=O) groups excluding carboxylic acids is 5. The number of carbonyl (C=O) groups is 5. The molecule has 15 heteroatoms. The van der Waals surface area contributed by atoms with E-state index < -0.39 is 24.0 Å². The summed E-state index contributed by atoms with van der Waals surface area (Å²) in [5.74, 6) is -1.02. The standard InChI is InChI=1S/C50H97N5O9S/c1-5-7-9-11-13-15-17-18-19-21-23-25-27-32-36-61-62-40-45(64-63-39-43(3)33-29-26-24-22-20-16-14-12-10-8-6-2)41-65-42-46(55-44(4)56)50(60)54-38-49(59)52-35-31-28-30-34-48(58)53-37-47(51)57/h43,45-46H,5-42H2,1-4H3,(H2,51,57)(H,52,59)(H,53,58)(H,54,60)(H,55,56). The molecule has 0 bridgehead atoms. The Morgan fingerprint density at radius 1 is 0.538 bits per heavy atom. The lowest BCUT2D eigenvalue weighted by Crippen LogP contribution is -2.50. The van der Waals surface area contributed by atoms with Gasteiger partial charge in [0.25, 0.3) is 0 Å². The van der Waals surface area contributed by atoms with E-state index in [1.807, 2.05) is 0 Å². The first kappa shape index (κ1) is 62.5. The van der Waals surface area contributed by atoms with Crippen molar-refractivity contribution in [2.24, 2.45) is 11.7 Å². The molecule has 6 N–H and O–H groups in total. The summed E-state index contributed by atoms with van der Waals surface area (Å²) >= 11 is 1.41. The molecule has 0 fully saturated rings. The Labute approximate surface area is 399 Å². The molecule has 14 nitrogen and oxygen atoms in total. The van der Waals surface area contributed by atoms with Gasteiger partial charge in [0.2, 0.25) is 29.5 Å². The number of unbranched alkanes of at least 4 members (excludes halogenated alkanes) is 25. The largest absolute Gasteiger partial charge is 0.368 e. The number of hydrogen-bond donors (Lipinski definition) is 5. The molecule has 0 aliphatic carbocycles. The van der Waals surface area contributed by atoms with Crippen molar-refractivity contribution in [1.82, 2.24) is 21.3 Å². The van der Waals surface area contributed by atoms with E-state index in [1.165, 1.54) is 166 Å². The Bertz CT molecular complexity index is 1150. The van der Waals surface area contributed by atoms with Crippen LogP contribution >= 0.6 is 11.8 Å². The van der Waals surface area contributed by atoms with E-state index >= 15 is 0 Å². The molecule has 0 rings (SSSR count). The number of rotatable bonds is 50. The topological polar surface area (TPSA) is 196 Å². The van der Waals surface area contributed by atoms with E-state index in [2.05, 4.69) is 42.0 Å². The zero-order valence-electron chi connectivity index (χ0n) is 41.8. The number of hydrogen-bond acceptors (Lipinski definition) is 10.